The fourth-order valence-corrected chi connectivity index (χ4v) is 4.20. The van der Waals surface area contributed by atoms with Crippen molar-refractivity contribution in [2.24, 2.45) is 0 Å². The van der Waals surface area contributed by atoms with E-state index in [1.807, 2.05) is 0 Å². The molecular formula is C26H28N2O9S2. The van der Waals surface area contributed by atoms with E-state index in [0.717, 1.165) is 11.8 Å². The van der Waals surface area contributed by atoms with Gasteiger partial charge >= 0.3 is 17.9 Å². The van der Waals surface area contributed by atoms with Crippen molar-refractivity contribution >= 4 is 59.2 Å². The van der Waals surface area contributed by atoms with E-state index < -0.39 is 46.9 Å². The second-order valence-electron chi connectivity index (χ2n) is 7.84. The molecule has 2 atom stereocenters. The number of benzene rings is 2. The zero-order valence-electron chi connectivity index (χ0n) is 21.4. The number of carbonyl (C=O) groups excluding carboxylic acids is 6. The molecule has 0 aliphatic rings. The van der Waals surface area contributed by atoms with Crippen LogP contribution in [0, 0.1) is 0 Å². The molecule has 0 aliphatic heterocycles. The molecule has 0 heterocycles. The number of ether oxygens (including phenoxy) is 3. The second kappa shape index (κ2) is 15.5. The van der Waals surface area contributed by atoms with Crippen LogP contribution in [0.4, 0.5) is 0 Å². The van der Waals surface area contributed by atoms with Crippen molar-refractivity contribution < 1.29 is 43.0 Å². The normalized spacial score (nSPS) is 11.9. The van der Waals surface area contributed by atoms with Crippen molar-refractivity contribution in [2.75, 3.05) is 18.1 Å². The highest BCUT2D eigenvalue weighted by molar-refractivity contribution is 8.14. The van der Waals surface area contributed by atoms with E-state index in [-0.39, 0.29) is 40.7 Å². The van der Waals surface area contributed by atoms with Gasteiger partial charge < -0.3 is 24.8 Å². The number of thiol groups is 1. The van der Waals surface area contributed by atoms with Crippen molar-refractivity contribution in [3.63, 3.8) is 0 Å². The molecule has 0 fully saturated rings. The fraction of sp³-hybridized carbons (Fsp3) is 0.308. The third-order valence-electron chi connectivity index (χ3n) is 4.80. The lowest BCUT2D eigenvalue weighted by molar-refractivity contribution is -0.146. The standard InChI is InChI=1S/C26H28N2O9S2/c1-4-35-24(32)20(28-16(3)30)14-39-26(34)18-10-6-8-12-22(18)36-23(31)17-9-5-7-11-21(17)37-25(33)19(13-38)27-15(2)29/h5-12,19-20,38H,4,13-14H2,1-3H3,(H,27,29)(H,28,30). The highest BCUT2D eigenvalue weighted by Gasteiger charge is 2.26. The van der Waals surface area contributed by atoms with Crippen molar-refractivity contribution in [3.8, 4) is 11.5 Å². The third kappa shape index (κ3) is 9.76. The smallest absolute Gasteiger partial charge is 0.347 e. The number of esters is 3. The summed E-state index contributed by atoms with van der Waals surface area (Å²) in [5.41, 5.74) is -0.0638. The van der Waals surface area contributed by atoms with Crippen LogP contribution in [0.5, 0.6) is 11.5 Å². The molecule has 0 saturated heterocycles. The van der Waals surface area contributed by atoms with Gasteiger partial charge in [0.05, 0.1) is 12.2 Å². The van der Waals surface area contributed by atoms with Crippen LogP contribution in [0.3, 0.4) is 0 Å². The Balaban J connectivity index is 2.19. The molecule has 0 radical (unpaired) electrons. The van der Waals surface area contributed by atoms with Crippen LogP contribution in [0.1, 0.15) is 41.5 Å². The number of carbonyl (C=O) groups is 6. The van der Waals surface area contributed by atoms with Gasteiger partial charge in [-0.05, 0) is 31.2 Å². The van der Waals surface area contributed by atoms with Crippen LogP contribution in [-0.4, -0.2) is 65.0 Å². The number of amides is 2. The molecule has 13 heteroatoms. The molecule has 0 aromatic heterocycles. The lowest BCUT2D eigenvalue weighted by Gasteiger charge is -2.16. The van der Waals surface area contributed by atoms with E-state index in [2.05, 4.69) is 23.3 Å². The summed E-state index contributed by atoms with van der Waals surface area (Å²) in [4.78, 5) is 73.4. The van der Waals surface area contributed by atoms with Crippen molar-refractivity contribution in [2.45, 2.75) is 32.9 Å². The molecule has 39 heavy (non-hydrogen) atoms. The average molecular weight is 577 g/mol. The Hall–Kier alpha value is -3.84. The summed E-state index contributed by atoms with van der Waals surface area (Å²) >= 11 is 4.78. The number of thioether (sulfide) groups is 1. The largest absolute Gasteiger partial charge is 0.464 e. The lowest BCUT2D eigenvalue weighted by Crippen LogP contribution is -2.43. The first-order valence-electron chi connectivity index (χ1n) is 11.7. The first kappa shape index (κ1) is 31.4. The maximum atomic E-state index is 13.0. The van der Waals surface area contributed by atoms with Gasteiger partial charge in [-0.3, -0.25) is 14.4 Å². The zero-order valence-corrected chi connectivity index (χ0v) is 23.1. The molecule has 2 rings (SSSR count). The molecular weight excluding hydrogens is 548 g/mol. The molecule has 208 valence electrons. The first-order valence-corrected chi connectivity index (χ1v) is 13.3. The van der Waals surface area contributed by atoms with E-state index in [0.29, 0.717) is 0 Å². The quantitative estimate of drug-likeness (QED) is 0.195. The van der Waals surface area contributed by atoms with Gasteiger partial charge in [0.15, 0.2) is 0 Å². The van der Waals surface area contributed by atoms with Crippen LogP contribution in [0.2, 0.25) is 0 Å². The fourth-order valence-electron chi connectivity index (χ4n) is 3.10. The number of rotatable bonds is 12. The summed E-state index contributed by atoms with van der Waals surface area (Å²) in [6.07, 6.45) is 0. The first-order chi connectivity index (χ1) is 18.6. The van der Waals surface area contributed by atoms with E-state index >= 15 is 0 Å². The molecule has 2 N–H and O–H groups in total. The summed E-state index contributed by atoms with van der Waals surface area (Å²) in [6, 6.07) is 9.69. The Morgan fingerprint density at radius 3 is 1.90 bits per heavy atom. The topological polar surface area (TPSA) is 154 Å². The summed E-state index contributed by atoms with van der Waals surface area (Å²) in [7, 11) is 0. The Kier molecular flexibility index (Phi) is 12.5. The van der Waals surface area contributed by atoms with Gasteiger partial charge in [0, 0.05) is 25.4 Å². The van der Waals surface area contributed by atoms with Gasteiger partial charge in [-0.15, -0.1) is 0 Å². The minimum Gasteiger partial charge on any atom is -0.464 e. The summed E-state index contributed by atoms with van der Waals surface area (Å²) < 4.78 is 15.7. The monoisotopic (exact) mass is 576 g/mol. The molecule has 0 saturated carbocycles. The number of nitrogens with one attached hydrogen (secondary N) is 2. The zero-order chi connectivity index (χ0) is 28.9. The summed E-state index contributed by atoms with van der Waals surface area (Å²) in [5.74, 6) is -3.67. The molecule has 2 aromatic rings. The van der Waals surface area contributed by atoms with Crippen LogP contribution < -0.4 is 20.1 Å². The summed E-state index contributed by atoms with van der Waals surface area (Å²) in [5, 5.41) is 4.32. The van der Waals surface area contributed by atoms with Crippen LogP contribution in [0.25, 0.3) is 0 Å². The Morgan fingerprint density at radius 2 is 1.33 bits per heavy atom. The van der Waals surface area contributed by atoms with Crippen molar-refractivity contribution in [3.05, 3.63) is 59.7 Å². The minimum absolute atomic E-state index is 0.0306. The predicted octanol–water partition coefficient (Wildman–Crippen LogP) is 2.19. The predicted molar refractivity (Wildman–Crippen MR) is 146 cm³/mol. The van der Waals surface area contributed by atoms with E-state index in [9.17, 15) is 28.8 Å². The Morgan fingerprint density at radius 1 is 0.795 bits per heavy atom. The molecule has 11 nitrogen and oxygen atoms in total. The maximum Gasteiger partial charge on any atom is 0.347 e. The third-order valence-corrected chi connectivity index (χ3v) is 6.15. The molecule has 0 spiro atoms. The van der Waals surface area contributed by atoms with E-state index in [1.165, 1.54) is 50.2 Å². The van der Waals surface area contributed by atoms with E-state index in [1.54, 1.807) is 19.1 Å². The molecule has 0 bridgehead atoms. The molecule has 2 unspecified atom stereocenters. The van der Waals surface area contributed by atoms with Crippen LogP contribution in [-0.2, 0) is 23.9 Å². The van der Waals surface area contributed by atoms with Gasteiger partial charge in [-0.25, -0.2) is 14.4 Å². The molecule has 2 aromatic carbocycles. The number of para-hydroxylation sites is 2. The highest BCUT2D eigenvalue weighted by atomic mass is 32.2. The minimum atomic E-state index is -1.05. The van der Waals surface area contributed by atoms with Crippen LogP contribution in [0.15, 0.2) is 48.5 Å². The SMILES string of the molecule is CCOC(=O)C(CSC(=O)c1ccccc1OC(=O)c1ccccc1OC(=O)C(CS)NC(C)=O)NC(C)=O. The highest BCUT2D eigenvalue weighted by Crippen LogP contribution is 2.27. The number of hydrogen-bond acceptors (Lipinski definition) is 11. The Labute approximate surface area is 234 Å². The lowest BCUT2D eigenvalue weighted by atomic mass is 10.2. The maximum absolute atomic E-state index is 13.0. The van der Waals surface area contributed by atoms with Gasteiger partial charge in [0.2, 0.25) is 16.9 Å². The van der Waals surface area contributed by atoms with Gasteiger partial charge in [-0.2, -0.15) is 12.6 Å². The number of hydrogen-bond donors (Lipinski definition) is 3. The van der Waals surface area contributed by atoms with Crippen LogP contribution >= 0.6 is 24.4 Å². The van der Waals surface area contributed by atoms with Gasteiger partial charge in [0.1, 0.15) is 29.1 Å². The van der Waals surface area contributed by atoms with Gasteiger partial charge in [-0.1, -0.05) is 36.0 Å². The molecule has 0 aliphatic carbocycles. The van der Waals surface area contributed by atoms with Crippen molar-refractivity contribution in [1.82, 2.24) is 10.6 Å². The molecule has 2 amide bonds. The van der Waals surface area contributed by atoms with Crippen molar-refractivity contribution in [1.29, 1.82) is 0 Å². The average Bonchev–Trinajstić information content (AvgIpc) is 2.89. The van der Waals surface area contributed by atoms with E-state index in [4.69, 9.17) is 14.2 Å². The Bertz CT molecular complexity index is 1240. The second-order valence-corrected chi connectivity index (χ2v) is 9.20. The van der Waals surface area contributed by atoms with Gasteiger partial charge in [0.25, 0.3) is 0 Å². The summed E-state index contributed by atoms with van der Waals surface area (Å²) in [6.45, 7) is 4.20.